The van der Waals surface area contributed by atoms with E-state index in [0.717, 1.165) is 15.8 Å². The Kier molecular flexibility index (Phi) is 4.93. The first kappa shape index (κ1) is 14.0. The van der Waals surface area contributed by atoms with Crippen LogP contribution >= 0.6 is 15.9 Å². The van der Waals surface area contributed by atoms with Gasteiger partial charge in [0.15, 0.2) is 0 Å². The Labute approximate surface area is 121 Å². The van der Waals surface area contributed by atoms with Gasteiger partial charge in [-0.1, -0.05) is 22.0 Å². The average Bonchev–Trinajstić information content (AvgIpc) is 2.41. The second-order valence-corrected chi connectivity index (χ2v) is 5.35. The number of aliphatic hydroxyl groups is 1. The molecule has 0 aliphatic rings. The molecule has 2 unspecified atom stereocenters. The molecule has 100 valence electrons. The number of pyridine rings is 1. The summed E-state index contributed by atoms with van der Waals surface area (Å²) >= 11 is 3.39. The Morgan fingerprint density at radius 2 is 2.00 bits per heavy atom. The van der Waals surface area contributed by atoms with Crippen LogP contribution < -0.4 is 4.74 Å². The molecule has 0 saturated carbocycles. The molecule has 0 radical (unpaired) electrons. The van der Waals surface area contributed by atoms with Crippen molar-refractivity contribution in [3.8, 4) is 5.75 Å². The van der Waals surface area contributed by atoms with Crippen molar-refractivity contribution in [3.63, 3.8) is 0 Å². The number of rotatable bonds is 5. The molecule has 0 amide bonds. The molecule has 1 heterocycles. The van der Waals surface area contributed by atoms with Gasteiger partial charge in [-0.3, -0.25) is 4.98 Å². The molecule has 19 heavy (non-hydrogen) atoms. The third-order valence-electron chi connectivity index (χ3n) is 2.70. The van der Waals surface area contributed by atoms with Crippen molar-refractivity contribution in [2.24, 2.45) is 0 Å². The van der Waals surface area contributed by atoms with Crippen molar-refractivity contribution in [1.29, 1.82) is 0 Å². The zero-order chi connectivity index (χ0) is 13.7. The van der Waals surface area contributed by atoms with E-state index in [2.05, 4.69) is 20.9 Å². The number of ether oxygens (including phenoxy) is 1. The van der Waals surface area contributed by atoms with E-state index in [4.69, 9.17) is 4.74 Å². The molecule has 1 N–H and O–H groups in total. The van der Waals surface area contributed by atoms with Crippen molar-refractivity contribution in [1.82, 2.24) is 4.98 Å². The van der Waals surface area contributed by atoms with Crippen LogP contribution in [0.2, 0.25) is 0 Å². The monoisotopic (exact) mass is 321 g/mol. The van der Waals surface area contributed by atoms with Crippen LogP contribution in [-0.4, -0.2) is 16.2 Å². The average molecular weight is 322 g/mol. The van der Waals surface area contributed by atoms with E-state index in [-0.39, 0.29) is 6.10 Å². The third-order valence-corrected chi connectivity index (χ3v) is 3.23. The molecule has 4 heteroatoms. The van der Waals surface area contributed by atoms with Crippen LogP contribution in [0.1, 0.15) is 25.0 Å². The fourth-order valence-corrected chi connectivity index (χ4v) is 2.07. The van der Waals surface area contributed by atoms with E-state index < -0.39 is 6.10 Å². The van der Waals surface area contributed by atoms with Crippen molar-refractivity contribution >= 4 is 15.9 Å². The number of nitrogens with zero attached hydrogens (tertiary/aromatic N) is 1. The minimum atomic E-state index is -0.430. The molecular weight excluding hydrogens is 306 g/mol. The lowest BCUT2D eigenvalue weighted by Crippen LogP contribution is -2.14. The maximum Gasteiger partial charge on any atom is 0.128 e. The number of halogens is 1. The van der Waals surface area contributed by atoms with Crippen LogP contribution in [0.3, 0.4) is 0 Å². The molecule has 0 spiro atoms. The van der Waals surface area contributed by atoms with Gasteiger partial charge in [-0.2, -0.15) is 0 Å². The summed E-state index contributed by atoms with van der Waals surface area (Å²) in [6.07, 6.45) is 3.39. The van der Waals surface area contributed by atoms with Crippen molar-refractivity contribution in [2.75, 3.05) is 0 Å². The highest BCUT2D eigenvalue weighted by atomic mass is 79.9. The molecule has 2 atom stereocenters. The largest absolute Gasteiger partial charge is 0.486 e. The molecule has 0 fully saturated rings. The predicted molar refractivity (Wildman–Crippen MR) is 78.0 cm³/mol. The molecule has 0 aliphatic heterocycles. The van der Waals surface area contributed by atoms with Gasteiger partial charge in [0.1, 0.15) is 11.9 Å². The van der Waals surface area contributed by atoms with Gasteiger partial charge in [-0.15, -0.1) is 0 Å². The lowest BCUT2D eigenvalue weighted by atomic mass is 10.1. The second kappa shape index (κ2) is 6.68. The lowest BCUT2D eigenvalue weighted by molar-refractivity contribution is 0.106. The number of hydrogen-bond donors (Lipinski definition) is 1. The summed E-state index contributed by atoms with van der Waals surface area (Å²) in [5, 5.41) is 9.60. The standard InChI is InChI=1S/C15H16BrNO2/c1-11(18)9-15(12-3-2-8-17-10-12)19-14-6-4-13(16)5-7-14/h2-8,10-11,15,18H,9H2,1H3. The number of aromatic nitrogens is 1. The Morgan fingerprint density at radius 3 is 2.58 bits per heavy atom. The number of aliphatic hydroxyl groups excluding tert-OH is 1. The zero-order valence-corrected chi connectivity index (χ0v) is 12.2. The number of hydrogen-bond acceptors (Lipinski definition) is 3. The Hall–Kier alpha value is -1.39. The van der Waals surface area contributed by atoms with Gasteiger partial charge in [0.05, 0.1) is 6.10 Å². The minimum absolute atomic E-state index is 0.199. The maximum absolute atomic E-state index is 9.60. The Bertz CT molecular complexity index is 499. The van der Waals surface area contributed by atoms with E-state index in [9.17, 15) is 5.11 Å². The van der Waals surface area contributed by atoms with E-state index in [1.165, 1.54) is 0 Å². The topological polar surface area (TPSA) is 42.4 Å². The van der Waals surface area contributed by atoms with Crippen molar-refractivity contribution < 1.29 is 9.84 Å². The van der Waals surface area contributed by atoms with Crippen LogP contribution in [0.25, 0.3) is 0 Å². The molecule has 0 saturated heterocycles. The smallest absolute Gasteiger partial charge is 0.128 e. The zero-order valence-electron chi connectivity index (χ0n) is 10.7. The van der Waals surface area contributed by atoms with Crippen molar-refractivity contribution in [2.45, 2.75) is 25.6 Å². The predicted octanol–water partition coefficient (Wildman–Crippen LogP) is 3.74. The summed E-state index contributed by atoms with van der Waals surface area (Å²) in [7, 11) is 0. The Morgan fingerprint density at radius 1 is 1.26 bits per heavy atom. The second-order valence-electron chi connectivity index (χ2n) is 4.43. The van der Waals surface area contributed by atoms with Crippen molar-refractivity contribution in [3.05, 3.63) is 58.8 Å². The fraction of sp³-hybridized carbons (Fsp3) is 0.267. The Balaban J connectivity index is 2.16. The maximum atomic E-state index is 9.60. The van der Waals surface area contributed by atoms with Gasteiger partial charge in [0.2, 0.25) is 0 Å². The summed E-state index contributed by atoms with van der Waals surface area (Å²) < 4.78 is 6.95. The lowest BCUT2D eigenvalue weighted by Gasteiger charge is -2.20. The highest BCUT2D eigenvalue weighted by molar-refractivity contribution is 9.10. The first-order chi connectivity index (χ1) is 9.15. The summed E-state index contributed by atoms with van der Waals surface area (Å²) in [5.74, 6) is 0.776. The van der Waals surface area contributed by atoms with Crippen LogP contribution in [0.5, 0.6) is 5.75 Å². The van der Waals surface area contributed by atoms with E-state index in [1.807, 2.05) is 36.4 Å². The van der Waals surface area contributed by atoms with E-state index in [1.54, 1.807) is 19.3 Å². The molecule has 0 bridgehead atoms. The summed E-state index contributed by atoms with van der Waals surface area (Å²) in [4.78, 5) is 4.10. The van der Waals surface area contributed by atoms with Gasteiger partial charge < -0.3 is 9.84 Å². The molecular formula is C15H16BrNO2. The minimum Gasteiger partial charge on any atom is -0.486 e. The van der Waals surface area contributed by atoms with Gasteiger partial charge in [-0.25, -0.2) is 0 Å². The SMILES string of the molecule is CC(O)CC(Oc1ccc(Br)cc1)c1cccnc1. The quantitative estimate of drug-likeness (QED) is 0.912. The van der Waals surface area contributed by atoms with Gasteiger partial charge in [0, 0.05) is 28.9 Å². The fourth-order valence-electron chi connectivity index (χ4n) is 1.81. The molecule has 2 rings (SSSR count). The molecule has 0 aliphatic carbocycles. The molecule has 3 nitrogen and oxygen atoms in total. The van der Waals surface area contributed by atoms with Crippen LogP contribution in [0.15, 0.2) is 53.3 Å². The van der Waals surface area contributed by atoms with Gasteiger partial charge in [0.25, 0.3) is 0 Å². The molecule has 2 aromatic rings. The summed E-state index contributed by atoms with van der Waals surface area (Å²) in [5.41, 5.74) is 0.964. The van der Waals surface area contributed by atoms with Crippen LogP contribution in [-0.2, 0) is 0 Å². The van der Waals surface area contributed by atoms with E-state index in [0.29, 0.717) is 6.42 Å². The highest BCUT2D eigenvalue weighted by Gasteiger charge is 2.16. The first-order valence-electron chi connectivity index (χ1n) is 6.15. The molecule has 1 aromatic carbocycles. The summed E-state index contributed by atoms with van der Waals surface area (Å²) in [6.45, 7) is 1.76. The highest BCUT2D eigenvalue weighted by Crippen LogP contribution is 2.26. The van der Waals surface area contributed by atoms with Crippen LogP contribution in [0.4, 0.5) is 0 Å². The normalized spacial score (nSPS) is 13.8. The molecule has 1 aromatic heterocycles. The van der Waals surface area contributed by atoms with Gasteiger partial charge >= 0.3 is 0 Å². The summed E-state index contributed by atoms with van der Waals surface area (Å²) in [6, 6.07) is 11.5. The van der Waals surface area contributed by atoms with E-state index >= 15 is 0 Å². The number of benzene rings is 1. The third kappa shape index (κ3) is 4.33. The van der Waals surface area contributed by atoms with Crippen LogP contribution in [0, 0.1) is 0 Å². The van der Waals surface area contributed by atoms with Gasteiger partial charge in [-0.05, 0) is 37.3 Å². The first-order valence-corrected chi connectivity index (χ1v) is 6.94.